The lowest BCUT2D eigenvalue weighted by atomic mass is 9.98. The summed E-state index contributed by atoms with van der Waals surface area (Å²) < 4.78 is 0. The van der Waals surface area contributed by atoms with Crippen LogP contribution in [0.5, 0.6) is 0 Å². The van der Waals surface area contributed by atoms with Crippen LogP contribution in [-0.2, 0) is 0 Å². The van der Waals surface area contributed by atoms with E-state index >= 15 is 0 Å². The van der Waals surface area contributed by atoms with Gasteiger partial charge in [0.1, 0.15) is 5.82 Å². The van der Waals surface area contributed by atoms with Crippen LogP contribution in [0.3, 0.4) is 0 Å². The maximum Gasteiger partial charge on any atom is 0.134 e. The van der Waals surface area contributed by atoms with Gasteiger partial charge < -0.3 is 15.1 Å². The molecule has 4 nitrogen and oxygen atoms in total. The average molecular weight is 248 g/mol. The maximum absolute atomic E-state index is 9.86. The number of aromatic nitrogens is 1. The quantitative estimate of drug-likeness (QED) is 0.835. The van der Waals surface area contributed by atoms with Crippen LogP contribution in [0.4, 0.5) is 5.82 Å². The summed E-state index contributed by atoms with van der Waals surface area (Å²) in [4.78, 5) is 6.80. The van der Waals surface area contributed by atoms with Crippen LogP contribution in [0, 0.1) is 0 Å². The zero-order chi connectivity index (χ0) is 12.7. The molecule has 0 aliphatic carbocycles. The molecule has 3 rings (SSSR count). The van der Waals surface area contributed by atoms with Gasteiger partial charge in [0.15, 0.2) is 0 Å². The largest absolute Gasteiger partial charge is 0.393 e. The summed E-state index contributed by atoms with van der Waals surface area (Å²) >= 11 is 0. The molecule has 2 aliphatic rings. The van der Waals surface area contributed by atoms with Crippen LogP contribution in [0.1, 0.15) is 44.3 Å². The Labute approximate surface area is 107 Å². The first-order valence-corrected chi connectivity index (χ1v) is 6.76. The Balaban J connectivity index is 1.96. The van der Waals surface area contributed by atoms with E-state index in [0.717, 1.165) is 37.1 Å². The Morgan fingerprint density at radius 3 is 2.61 bits per heavy atom. The minimum Gasteiger partial charge on any atom is -0.393 e. The molecule has 2 aliphatic heterocycles. The number of piperidine rings is 1. The van der Waals surface area contributed by atoms with Gasteiger partial charge in [-0.2, -0.15) is 0 Å². The first kappa shape index (κ1) is 11.9. The first-order valence-electron chi connectivity index (χ1n) is 6.76. The number of aliphatic hydroxyl groups excluding tert-OH is 2. The number of fused-ring (bicyclic) bond motifs is 2. The minimum atomic E-state index is -0.500. The van der Waals surface area contributed by atoms with E-state index in [4.69, 9.17) is 0 Å². The van der Waals surface area contributed by atoms with Crippen LogP contribution in [-0.4, -0.2) is 33.4 Å². The van der Waals surface area contributed by atoms with Gasteiger partial charge in [0.05, 0.1) is 12.2 Å². The highest BCUT2D eigenvalue weighted by molar-refractivity contribution is 5.51. The van der Waals surface area contributed by atoms with Gasteiger partial charge in [-0.15, -0.1) is 0 Å². The van der Waals surface area contributed by atoms with Crippen LogP contribution in [0.2, 0.25) is 0 Å². The zero-order valence-corrected chi connectivity index (χ0v) is 10.7. The van der Waals surface area contributed by atoms with Crippen molar-refractivity contribution in [2.75, 3.05) is 4.90 Å². The van der Waals surface area contributed by atoms with Crippen LogP contribution in [0.25, 0.3) is 0 Å². The third-order valence-corrected chi connectivity index (χ3v) is 4.22. The van der Waals surface area contributed by atoms with E-state index in [1.54, 1.807) is 13.1 Å². The molecule has 0 spiro atoms. The Kier molecular flexibility index (Phi) is 2.99. The summed E-state index contributed by atoms with van der Waals surface area (Å²) in [5.41, 5.74) is 0.894. The summed E-state index contributed by atoms with van der Waals surface area (Å²) in [7, 11) is 0. The average Bonchev–Trinajstić information content (AvgIpc) is 2.61. The molecule has 2 saturated heterocycles. The lowest BCUT2D eigenvalue weighted by molar-refractivity contribution is 0.125. The summed E-state index contributed by atoms with van der Waals surface area (Å²) in [5, 5.41) is 19.7. The maximum atomic E-state index is 9.86. The Hall–Kier alpha value is -1.13. The van der Waals surface area contributed by atoms with Crippen LogP contribution < -0.4 is 4.90 Å². The molecule has 0 aromatic carbocycles. The van der Waals surface area contributed by atoms with Crippen molar-refractivity contribution in [3.05, 3.63) is 23.9 Å². The van der Waals surface area contributed by atoms with Crippen LogP contribution >= 0.6 is 0 Å². The van der Waals surface area contributed by atoms with Gasteiger partial charge in [-0.25, -0.2) is 4.98 Å². The molecule has 0 radical (unpaired) electrons. The number of rotatable bonds is 2. The predicted molar refractivity (Wildman–Crippen MR) is 69.4 cm³/mol. The lowest BCUT2D eigenvalue weighted by Crippen LogP contribution is -2.45. The molecule has 1 aromatic heterocycles. The molecule has 2 fully saturated rings. The molecule has 18 heavy (non-hydrogen) atoms. The summed E-state index contributed by atoms with van der Waals surface area (Å²) in [6.07, 6.45) is 5.01. The molecule has 4 heteroatoms. The number of nitrogens with zero attached hydrogens (tertiary/aromatic N) is 2. The normalized spacial score (nSPS) is 32.6. The second-order valence-corrected chi connectivity index (χ2v) is 5.51. The van der Waals surface area contributed by atoms with E-state index in [-0.39, 0.29) is 6.10 Å². The van der Waals surface area contributed by atoms with Crippen molar-refractivity contribution in [1.82, 2.24) is 4.98 Å². The highest BCUT2D eigenvalue weighted by atomic mass is 16.3. The molecule has 0 saturated carbocycles. The molecule has 1 aromatic rings. The van der Waals surface area contributed by atoms with Gasteiger partial charge in [-0.3, -0.25) is 0 Å². The van der Waals surface area contributed by atoms with E-state index < -0.39 is 6.10 Å². The molecular formula is C14H20N2O2. The summed E-state index contributed by atoms with van der Waals surface area (Å²) in [6.45, 7) is 1.78. The highest BCUT2D eigenvalue weighted by Crippen LogP contribution is 2.40. The molecule has 98 valence electrons. The molecule has 3 heterocycles. The third kappa shape index (κ3) is 1.89. The van der Waals surface area contributed by atoms with Gasteiger partial charge in [-0.1, -0.05) is 6.07 Å². The van der Waals surface area contributed by atoms with E-state index in [0.29, 0.717) is 12.1 Å². The van der Waals surface area contributed by atoms with Gasteiger partial charge in [0, 0.05) is 23.8 Å². The van der Waals surface area contributed by atoms with Crippen LogP contribution in [0.15, 0.2) is 18.3 Å². The van der Waals surface area contributed by atoms with E-state index in [9.17, 15) is 10.2 Å². The number of anilines is 1. The lowest BCUT2D eigenvalue weighted by Gasteiger charge is -2.39. The van der Waals surface area contributed by atoms with Crippen molar-refractivity contribution < 1.29 is 10.2 Å². The van der Waals surface area contributed by atoms with Crippen molar-refractivity contribution in [2.45, 2.75) is 56.9 Å². The fraction of sp³-hybridized carbons (Fsp3) is 0.643. The molecule has 3 unspecified atom stereocenters. The van der Waals surface area contributed by atoms with Crippen molar-refractivity contribution in [3.8, 4) is 0 Å². The van der Waals surface area contributed by atoms with E-state index in [1.165, 1.54) is 0 Å². The summed E-state index contributed by atoms with van der Waals surface area (Å²) in [5.74, 6) is 0.909. The number of hydrogen-bond donors (Lipinski definition) is 2. The fourth-order valence-electron chi connectivity index (χ4n) is 3.45. The van der Waals surface area contributed by atoms with Gasteiger partial charge in [-0.05, 0) is 38.7 Å². The molecule has 0 amide bonds. The standard InChI is InChI=1S/C14H20N2O2/c1-9(17)13-3-2-6-15-14(13)16-10-4-5-11(16)8-12(18)7-10/h2-3,6,9-12,17-18H,4-5,7-8H2,1H3. The van der Waals surface area contributed by atoms with Crippen molar-refractivity contribution >= 4 is 5.82 Å². The Morgan fingerprint density at radius 2 is 2.00 bits per heavy atom. The second-order valence-electron chi connectivity index (χ2n) is 5.51. The first-order chi connectivity index (χ1) is 8.66. The monoisotopic (exact) mass is 248 g/mol. The second kappa shape index (κ2) is 4.52. The van der Waals surface area contributed by atoms with Gasteiger partial charge in [0.2, 0.25) is 0 Å². The smallest absolute Gasteiger partial charge is 0.134 e. The van der Waals surface area contributed by atoms with E-state index in [1.807, 2.05) is 12.1 Å². The number of hydrogen-bond acceptors (Lipinski definition) is 4. The van der Waals surface area contributed by atoms with Crippen molar-refractivity contribution in [1.29, 1.82) is 0 Å². The third-order valence-electron chi connectivity index (χ3n) is 4.22. The van der Waals surface area contributed by atoms with Gasteiger partial charge >= 0.3 is 0 Å². The van der Waals surface area contributed by atoms with Gasteiger partial charge in [0.25, 0.3) is 0 Å². The minimum absolute atomic E-state index is 0.169. The molecule has 2 N–H and O–H groups in total. The number of pyridine rings is 1. The fourth-order valence-corrected chi connectivity index (χ4v) is 3.45. The SMILES string of the molecule is CC(O)c1cccnc1N1C2CCC1CC(O)C2. The van der Waals surface area contributed by atoms with E-state index in [2.05, 4.69) is 9.88 Å². The highest BCUT2D eigenvalue weighted by Gasteiger charge is 2.41. The number of aliphatic hydroxyl groups is 2. The molecule has 2 bridgehead atoms. The molecule has 3 atom stereocenters. The Bertz CT molecular complexity index is 422. The summed E-state index contributed by atoms with van der Waals surface area (Å²) in [6, 6.07) is 4.57. The Morgan fingerprint density at radius 1 is 1.33 bits per heavy atom. The topological polar surface area (TPSA) is 56.6 Å². The van der Waals surface area contributed by atoms with Crippen molar-refractivity contribution in [2.24, 2.45) is 0 Å². The zero-order valence-electron chi connectivity index (χ0n) is 10.7. The predicted octanol–water partition coefficient (Wildman–Crippen LogP) is 1.63. The molecular weight excluding hydrogens is 228 g/mol. The van der Waals surface area contributed by atoms with Crippen molar-refractivity contribution in [3.63, 3.8) is 0 Å².